The highest BCUT2D eigenvalue weighted by molar-refractivity contribution is 7.99. The Balaban J connectivity index is 3.13. The molecule has 0 aliphatic heterocycles. The van der Waals surface area contributed by atoms with Crippen LogP contribution in [0.15, 0.2) is 5.03 Å². The molecule has 0 aliphatic rings. The summed E-state index contributed by atoms with van der Waals surface area (Å²) in [5, 5.41) is 11.3. The van der Waals surface area contributed by atoms with Gasteiger partial charge < -0.3 is 0 Å². The first-order chi connectivity index (χ1) is 7.95. The lowest BCUT2D eigenvalue weighted by Gasteiger charge is -2.07. The smallest absolute Gasteiger partial charge is 0.292 e. The fourth-order valence-electron chi connectivity index (χ4n) is 1.16. The van der Waals surface area contributed by atoms with E-state index in [4.69, 9.17) is 5.84 Å². The lowest BCUT2D eigenvalue weighted by atomic mass is 10.3. The maximum Gasteiger partial charge on any atom is 0.322 e. The van der Waals surface area contributed by atoms with Gasteiger partial charge in [0.15, 0.2) is 5.03 Å². The van der Waals surface area contributed by atoms with Crippen LogP contribution in [0.4, 0.5) is 11.6 Å². The van der Waals surface area contributed by atoms with Crippen molar-refractivity contribution in [2.45, 2.75) is 25.8 Å². The van der Waals surface area contributed by atoms with Crippen molar-refractivity contribution in [3.8, 4) is 0 Å². The van der Waals surface area contributed by atoms with E-state index in [0.717, 1.165) is 5.75 Å². The molecule has 0 atom stereocenters. The molecule has 1 rings (SSSR count). The molecular formula is C9H15N5O2S. The van der Waals surface area contributed by atoms with E-state index in [1.807, 2.05) is 13.8 Å². The summed E-state index contributed by atoms with van der Waals surface area (Å²) in [5.74, 6) is 6.58. The minimum absolute atomic E-state index is 0.0466. The standard InChI is InChI=1S/C9H15N5O2S/c1-5(2)4-17-8-7(14(15)16)6(3)11-9(12-8)13-10/h5H,4,10H2,1-3H3,(H,11,12,13). The number of aryl methyl sites for hydroxylation is 1. The van der Waals surface area contributed by atoms with E-state index in [1.54, 1.807) is 6.92 Å². The van der Waals surface area contributed by atoms with Crippen molar-refractivity contribution in [1.29, 1.82) is 0 Å². The molecule has 0 fully saturated rings. The predicted octanol–water partition coefficient (Wildman–Crippen LogP) is 1.73. The molecule has 7 nitrogen and oxygen atoms in total. The Morgan fingerprint density at radius 3 is 2.65 bits per heavy atom. The van der Waals surface area contributed by atoms with Gasteiger partial charge >= 0.3 is 5.69 Å². The van der Waals surface area contributed by atoms with Crippen molar-refractivity contribution >= 4 is 23.4 Å². The number of aromatic nitrogens is 2. The van der Waals surface area contributed by atoms with E-state index < -0.39 is 4.92 Å². The number of rotatable bonds is 5. The number of thioether (sulfide) groups is 1. The second-order valence-electron chi connectivity index (χ2n) is 3.89. The van der Waals surface area contributed by atoms with E-state index in [9.17, 15) is 10.1 Å². The van der Waals surface area contributed by atoms with Crippen LogP contribution in [-0.2, 0) is 0 Å². The van der Waals surface area contributed by atoms with E-state index in [1.165, 1.54) is 11.8 Å². The summed E-state index contributed by atoms with van der Waals surface area (Å²) in [5.41, 5.74) is 2.57. The second kappa shape index (κ2) is 5.78. The summed E-state index contributed by atoms with van der Waals surface area (Å²) in [6, 6.07) is 0. The van der Waals surface area contributed by atoms with Gasteiger partial charge in [0.1, 0.15) is 5.69 Å². The Morgan fingerprint density at radius 2 is 2.18 bits per heavy atom. The van der Waals surface area contributed by atoms with Crippen LogP contribution in [0.3, 0.4) is 0 Å². The number of hydrogen-bond acceptors (Lipinski definition) is 7. The Morgan fingerprint density at radius 1 is 1.53 bits per heavy atom. The van der Waals surface area contributed by atoms with Crippen LogP contribution in [0.5, 0.6) is 0 Å². The highest BCUT2D eigenvalue weighted by Gasteiger charge is 2.22. The Hall–Kier alpha value is -1.41. The van der Waals surface area contributed by atoms with Crippen molar-refractivity contribution in [3.05, 3.63) is 15.8 Å². The van der Waals surface area contributed by atoms with Gasteiger partial charge in [-0.1, -0.05) is 25.6 Å². The number of nitrogen functional groups attached to an aromatic ring is 1. The molecule has 1 aromatic heterocycles. The fourth-order valence-corrected chi connectivity index (χ4v) is 2.16. The van der Waals surface area contributed by atoms with Gasteiger partial charge in [-0.3, -0.25) is 15.5 Å². The van der Waals surface area contributed by atoms with Crippen LogP contribution in [0, 0.1) is 23.0 Å². The highest BCUT2D eigenvalue weighted by atomic mass is 32.2. The number of anilines is 1. The molecule has 3 N–H and O–H groups in total. The average Bonchev–Trinajstić information content (AvgIpc) is 2.24. The number of nitrogens with one attached hydrogen (secondary N) is 1. The third-order valence-electron chi connectivity index (χ3n) is 1.89. The molecule has 0 aromatic carbocycles. The largest absolute Gasteiger partial charge is 0.322 e. The highest BCUT2D eigenvalue weighted by Crippen LogP contribution is 2.31. The first-order valence-corrected chi connectivity index (χ1v) is 6.06. The van der Waals surface area contributed by atoms with Gasteiger partial charge in [-0.05, 0) is 12.8 Å². The van der Waals surface area contributed by atoms with E-state index in [0.29, 0.717) is 16.6 Å². The zero-order valence-corrected chi connectivity index (χ0v) is 10.7. The third kappa shape index (κ3) is 3.53. The molecule has 0 spiro atoms. The molecule has 94 valence electrons. The molecule has 8 heteroatoms. The summed E-state index contributed by atoms with van der Waals surface area (Å²) >= 11 is 1.34. The summed E-state index contributed by atoms with van der Waals surface area (Å²) in [6.45, 7) is 5.64. The summed E-state index contributed by atoms with van der Waals surface area (Å²) in [7, 11) is 0. The van der Waals surface area contributed by atoms with Gasteiger partial charge in [0.2, 0.25) is 5.95 Å². The molecular weight excluding hydrogens is 242 g/mol. The number of hydrogen-bond donors (Lipinski definition) is 2. The predicted molar refractivity (Wildman–Crippen MR) is 66.8 cm³/mol. The van der Waals surface area contributed by atoms with Gasteiger partial charge in [-0.2, -0.15) is 4.98 Å². The van der Waals surface area contributed by atoms with E-state index in [-0.39, 0.29) is 11.6 Å². The van der Waals surface area contributed by atoms with Gasteiger partial charge in [0.25, 0.3) is 0 Å². The lowest BCUT2D eigenvalue weighted by Crippen LogP contribution is -2.13. The lowest BCUT2D eigenvalue weighted by molar-refractivity contribution is -0.389. The summed E-state index contributed by atoms with van der Waals surface area (Å²) < 4.78 is 0. The van der Waals surface area contributed by atoms with Crippen LogP contribution in [0.1, 0.15) is 19.5 Å². The molecule has 0 bridgehead atoms. The number of nitrogens with zero attached hydrogens (tertiary/aromatic N) is 3. The topological polar surface area (TPSA) is 107 Å². The first-order valence-electron chi connectivity index (χ1n) is 5.08. The molecule has 1 heterocycles. The maximum atomic E-state index is 10.9. The summed E-state index contributed by atoms with van der Waals surface area (Å²) in [6.07, 6.45) is 0. The zero-order valence-electron chi connectivity index (χ0n) is 9.93. The molecule has 17 heavy (non-hydrogen) atoms. The van der Waals surface area contributed by atoms with Crippen molar-refractivity contribution in [2.24, 2.45) is 11.8 Å². The first kappa shape index (κ1) is 13.7. The van der Waals surface area contributed by atoms with Gasteiger partial charge in [0.05, 0.1) is 4.92 Å². The monoisotopic (exact) mass is 257 g/mol. The van der Waals surface area contributed by atoms with Crippen LogP contribution < -0.4 is 11.3 Å². The van der Waals surface area contributed by atoms with Crippen LogP contribution in [0.2, 0.25) is 0 Å². The van der Waals surface area contributed by atoms with E-state index >= 15 is 0 Å². The van der Waals surface area contributed by atoms with Gasteiger partial charge in [-0.15, -0.1) is 0 Å². The zero-order chi connectivity index (χ0) is 13.0. The number of nitro groups is 1. The SMILES string of the molecule is Cc1nc(NN)nc(SCC(C)C)c1[N+](=O)[O-]. The second-order valence-corrected chi connectivity index (χ2v) is 4.90. The van der Waals surface area contributed by atoms with Crippen LogP contribution in [0.25, 0.3) is 0 Å². The molecule has 0 unspecified atom stereocenters. The molecule has 0 saturated carbocycles. The maximum absolute atomic E-state index is 10.9. The molecule has 0 saturated heterocycles. The number of nitrogens with two attached hydrogens (primary N) is 1. The Labute approximate surface area is 103 Å². The Kier molecular flexibility index (Phi) is 4.64. The quantitative estimate of drug-likeness (QED) is 0.272. The van der Waals surface area contributed by atoms with Crippen molar-refractivity contribution < 1.29 is 4.92 Å². The van der Waals surface area contributed by atoms with E-state index in [2.05, 4.69) is 15.4 Å². The minimum atomic E-state index is -0.460. The van der Waals surface area contributed by atoms with Crippen molar-refractivity contribution in [2.75, 3.05) is 11.2 Å². The van der Waals surface area contributed by atoms with Crippen LogP contribution in [-0.4, -0.2) is 20.6 Å². The van der Waals surface area contributed by atoms with Gasteiger partial charge in [-0.25, -0.2) is 10.8 Å². The third-order valence-corrected chi connectivity index (χ3v) is 3.28. The fraction of sp³-hybridized carbons (Fsp3) is 0.556. The average molecular weight is 257 g/mol. The van der Waals surface area contributed by atoms with Crippen LogP contribution >= 0.6 is 11.8 Å². The molecule has 0 amide bonds. The number of hydrazine groups is 1. The van der Waals surface area contributed by atoms with Crippen molar-refractivity contribution in [3.63, 3.8) is 0 Å². The van der Waals surface area contributed by atoms with Crippen molar-refractivity contribution in [1.82, 2.24) is 9.97 Å². The Bertz CT molecular complexity index is 424. The van der Waals surface area contributed by atoms with Gasteiger partial charge in [0, 0.05) is 5.75 Å². The molecule has 0 aliphatic carbocycles. The summed E-state index contributed by atoms with van der Waals surface area (Å²) in [4.78, 5) is 18.4. The normalized spacial score (nSPS) is 10.6. The minimum Gasteiger partial charge on any atom is -0.292 e. The molecule has 1 aromatic rings. The molecule has 0 radical (unpaired) electrons.